The SMILES string of the molecule is COC(=O)[C@@](C)([Se]c1ccccc1)[C@H](O)[C@@H](C)[C@@H](OCc1ccccc1)[C@@H](C)COCc1ccccc1. The molecule has 1 N–H and O–H groups in total. The van der Waals surface area contributed by atoms with E-state index in [0.29, 0.717) is 19.8 Å². The van der Waals surface area contributed by atoms with Crippen LogP contribution in [-0.4, -0.2) is 52.0 Å². The van der Waals surface area contributed by atoms with Crippen molar-refractivity contribution in [2.75, 3.05) is 13.7 Å². The van der Waals surface area contributed by atoms with Crippen molar-refractivity contribution in [1.29, 1.82) is 0 Å². The number of hydrogen-bond donors (Lipinski definition) is 1. The normalized spacial score (nSPS) is 16.2. The predicted molar refractivity (Wildman–Crippen MR) is 148 cm³/mol. The van der Waals surface area contributed by atoms with E-state index in [0.717, 1.165) is 15.6 Å². The Morgan fingerprint density at radius 3 is 1.92 bits per heavy atom. The van der Waals surface area contributed by atoms with Crippen molar-refractivity contribution in [2.45, 2.75) is 50.5 Å². The van der Waals surface area contributed by atoms with Gasteiger partial charge in [-0.05, 0) is 0 Å². The second-order valence-corrected chi connectivity index (χ2v) is 12.8. The van der Waals surface area contributed by atoms with E-state index >= 15 is 0 Å². The molecule has 5 atom stereocenters. The molecule has 0 aliphatic heterocycles. The second-order valence-electron chi connectivity index (χ2n) is 9.56. The molecule has 0 fully saturated rings. The van der Waals surface area contributed by atoms with Gasteiger partial charge in [-0.25, -0.2) is 0 Å². The van der Waals surface area contributed by atoms with Gasteiger partial charge in [0.15, 0.2) is 0 Å². The van der Waals surface area contributed by atoms with Crippen molar-refractivity contribution < 1.29 is 24.1 Å². The average molecular weight is 570 g/mol. The van der Waals surface area contributed by atoms with Crippen LogP contribution in [0.1, 0.15) is 31.9 Å². The van der Waals surface area contributed by atoms with E-state index in [1.807, 2.05) is 97.9 Å². The summed E-state index contributed by atoms with van der Waals surface area (Å²) in [4.78, 5) is 13.1. The zero-order valence-corrected chi connectivity index (χ0v) is 23.8. The van der Waals surface area contributed by atoms with Crippen LogP contribution in [0.5, 0.6) is 0 Å². The third-order valence-corrected chi connectivity index (χ3v) is 9.39. The molecule has 0 aliphatic rings. The first-order chi connectivity index (χ1) is 17.8. The Morgan fingerprint density at radius 2 is 1.38 bits per heavy atom. The van der Waals surface area contributed by atoms with Crippen LogP contribution < -0.4 is 4.46 Å². The average Bonchev–Trinajstić information content (AvgIpc) is 2.93. The first-order valence-corrected chi connectivity index (χ1v) is 14.3. The van der Waals surface area contributed by atoms with Crippen molar-refractivity contribution in [1.82, 2.24) is 0 Å². The first kappa shape index (κ1) is 29.1. The zero-order valence-electron chi connectivity index (χ0n) is 22.1. The molecule has 0 saturated heterocycles. The minimum atomic E-state index is -1.08. The second kappa shape index (κ2) is 14.5. The van der Waals surface area contributed by atoms with Crippen LogP contribution >= 0.6 is 0 Å². The van der Waals surface area contributed by atoms with Gasteiger partial charge in [-0.15, -0.1) is 0 Å². The number of esters is 1. The predicted octanol–water partition coefficient (Wildman–Crippen LogP) is 4.80. The first-order valence-electron chi connectivity index (χ1n) is 12.6. The maximum absolute atomic E-state index is 13.1. The number of aliphatic hydroxyl groups is 1. The molecule has 0 heterocycles. The van der Waals surface area contributed by atoms with E-state index < -0.39 is 16.4 Å². The quantitative estimate of drug-likeness (QED) is 0.223. The van der Waals surface area contributed by atoms with Crippen molar-refractivity contribution in [2.24, 2.45) is 11.8 Å². The molecule has 0 unspecified atom stereocenters. The summed E-state index contributed by atoms with van der Waals surface area (Å²) in [5.41, 5.74) is 2.16. The van der Waals surface area contributed by atoms with Crippen molar-refractivity contribution >= 4 is 25.4 Å². The van der Waals surface area contributed by atoms with Crippen LogP contribution in [0.2, 0.25) is 4.31 Å². The van der Waals surface area contributed by atoms with Gasteiger partial charge in [0.05, 0.1) is 0 Å². The van der Waals surface area contributed by atoms with Gasteiger partial charge in [0.1, 0.15) is 0 Å². The molecule has 0 spiro atoms. The number of methoxy groups -OCH3 is 1. The molecule has 0 aromatic heterocycles. The molecule has 198 valence electrons. The Morgan fingerprint density at radius 1 is 0.865 bits per heavy atom. The van der Waals surface area contributed by atoms with E-state index in [1.165, 1.54) is 7.11 Å². The summed E-state index contributed by atoms with van der Waals surface area (Å²) in [5.74, 6) is -0.789. The fraction of sp³-hybridized carbons (Fsp3) is 0.387. The Bertz CT molecular complexity index is 1060. The third-order valence-electron chi connectivity index (χ3n) is 6.58. The molecule has 3 aromatic carbocycles. The number of carbonyl (C=O) groups excluding carboxylic acids is 1. The summed E-state index contributed by atoms with van der Waals surface area (Å²) in [5, 5.41) is 11.7. The van der Waals surface area contributed by atoms with E-state index in [-0.39, 0.29) is 32.9 Å². The standard InChI is InChI=1S/C31H38O5Se/c1-23(20-35-21-25-14-8-5-9-15-25)28(36-22-26-16-10-6-11-17-26)24(2)29(32)31(3,30(33)34-4)37-27-18-12-7-13-19-27/h5-19,23-24,28-29,32H,20-22H2,1-4H3/t23-,24-,28-,29+,31-/m0/s1. The van der Waals surface area contributed by atoms with Crippen molar-refractivity contribution in [3.05, 3.63) is 102 Å². The number of carbonyl (C=O) groups is 1. The van der Waals surface area contributed by atoms with Gasteiger partial charge < -0.3 is 0 Å². The van der Waals surface area contributed by atoms with Crippen LogP contribution in [0.25, 0.3) is 0 Å². The van der Waals surface area contributed by atoms with Gasteiger partial charge in [0.25, 0.3) is 0 Å². The summed E-state index contributed by atoms with van der Waals surface area (Å²) in [6.07, 6.45) is -1.32. The van der Waals surface area contributed by atoms with Gasteiger partial charge in [-0.3, -0.25) is 0 Å². The summed E-state index contributed by atoms with van der Waals surface area (Å²) in [6, 6.07) is 29.8. The Balaban J connectivity index is 1.79. The number of rotatable bonds is 14. The molecule has 5 nitrogen and oxygen atoms in total. The van der Waals surface area contributed by atoms with Gasteiger partial charge >= 0.3 is 228 Å². The fourth-order valence-electron chi connectivity index (χ4n) is 4.47. The molecule has 3 rings (SSSR count). The summed E-state index contributed by atoms with van der Waals surface area (Å²) in [7, 11) is 1.38. The fourth-order valence-corrected chi connectivity index (χ4v) is 7.17. The number of hydrogen-bond acceptors (Lipinski definition) is 5. The van der Waals surface area contributed by atoms with Crippen LogP contribution in [0.4, 0.5) is 0 Å². The molecule has 3 aromatic rings. The Hall–Kier alpha value is -2.47. The third kappa shape index (κ3) is 8.26. The molecule has 37 heavy (non-hydrogen) atoms. The van der Waals surface area contributed by atoms with Gasteiger partial charge in [-0.2, -0.15) is 0 Å². The maximum atomic E-state index is 13.1. The van der Waals surface area contributed by atoms with Gasteiger partial charge in [0, 0.05) is 0 Å². The van der Waals surface area contributed by atoms with Crippen molar-refractivity contribution in [3.8, 4) is 0 Å². The molecular formula is C31H38O5Se. The van der Waals surface area contributed by atoms with E-state index in [9.17, 15) is 9.90 Å². The molecule has 0 amide bonds. The van der Waals surface area contributed by atoms with Crippen LogP contribution in [0.15, 0.2) is 91.0 Å². The summed E-state index contributed by atoms with van der Waals surface area (Å²) >= 11 is -0.355. The zero-order chi connectivity index (χ0) is 26.7. The molecular weight excluding hydrogens is 531 g/mol. The molecule has 6 heteroatoms. The monoisotopic (exact) mass is 570 g/mol. The number of ether oxygens (including phenoxy) is 3. The Kier molecular flexibility index (Phi) is 11.4. The van der Waals surface area contributed by atoms with E-state index in [2.05, 4.69) is 6.92 Å². The van der Waals surface area contributed by atoms with Crippen molar-refractivity contribution in [3.63, 3.8) is 0 Å². The van der Waals surface area contributed by atoms with E-state index in [1.54, 1.807) is 6.92 Å². The molecule has 0 aliphatic carbocycles. The van der Waals surface area contributed by atoms with Crippen LogP contribution in [0, 0.1) is 11.8 Å². The van der Waals surface area contributed by atoms with E-state index in [4.69, 9.17) is 14.2 Å². The van der Waals surface area contributed by atoms with Gasteiger partial charge in [0.2, 0.25) is 0 Å². The van der Waals surface area contributed by atoms with Crippen LogP contribution in [-0.2, 0) is 32.2 Å². The Labute approximate surface area is 227 Å². The molecule has 0 bridgehead atoms. The topological polar surface area (TPSA) is 65.0 Å². The summed E-state index contributed by atoms with van der Waals surface area (Å²) < 4.78 is 17.6. The molecule has 0 saturated carbocycles. The minimum absolute atomic E-state index is 0.0248. The molecule has 0 radical (unpaired) electrons. The van der Waals surface area contributed by atoms with Gasteiger partial charge in [-0.1, -0.05) is 0 Å². The number of benzene rings is 3. The summed E-state index contributed by atoms with van der Waals surface area (Å²) in [6.45, 7) is 7.20. The number of aliphatic hydroxyl groups excluding tert-OH is 1. The van der Waals surface area contributed by atoms with Crippen LogP contribution in [0.3, 0.4) is 0 Å².